The molecule has 0 saturated carbocycles. The summed E-state index contributed by atoms with van der Waals surface area (Å²) >= 11 is 0. The van der Waals surface area contributed by atoms with Gasteiger partial charge in [0.1, 0.15) is 0 Å². The standard InChI is InChI=1S/C7H11N2O/c10-7-6-4-8-2-1-5(6)3-9-7/h3,5-6,8H,1-2,4H2,(H,9,10). The third-order valence-corrected chi connectivity index (χ3v) is 2.31. The largest absolute Gasteiger partial charge is 0.351 e. The molecule has 2 saturated heterocycles. The van der Waals surface area contributed by atoms with Crippen LogP contribution in [-0.2, 0) is 4.79 Å². The van der Waals surface area contributed by atoms with Gasteiger partial charge in [-0.25, -0.2) is 0 Å². The molecule has 10 heavy (non-hydrogen) atoms. The van der Waals surface area contributed by atoms with Crippen LogP contribution >= 0.6 is 0 Å². The van der Waals surface area contributed by atoms with E-state index >= 15 is 0 Å². The number of rotatable bonds is 0. The van der Waals surface area contributed by atoms with Gasteiger partial charge in [0.2, 0.25) is 5.91 Å². The molecule has 0 aromatic carbocycles. The number of carbonyl (C=O) groups is 1. The summed E-state index contributed by atoms with van der Waals surface area (Å²) in [5, 5.41) is 5.96. The van der Waals surface area contributed by atoms with Crippen LogP contribution in [0.4, 0.5) is 0 Å². The summed E-state index contributed by atoms with van der Waals surface area (Å²) in [4.78, 5) is 11.0. The molecule has 0 aromatic rings. The predicted molar refractivity (Wildman–Crippen MR) is 36.9 cm³/mol. The Bertz CT molecular complexity index is 158. The van der Waals surface area contributed by atoms with Gasteiger partial charge in [0, 0.05) is 6.54 Å². The highest BCUT2D eigenvalue weighted by Gasteiger charge is 2.36. The SMILES string of the molecule is O=C1N[CH]C2CCNCC12. The van der Waals surface area contributed by atoms with E-state index in [0.29, 0.717) is 5.92 Å². The Labute approximate surface area is 60.2 Å². The first-order valence-corrected chi connectivity index (χ1v) is 3.72. The van der Waals surface area contributed by atoms with E-state index in [0.717, 1.165) is 19.5 Å². The quantitative estimate of drug-likeness (QED) is 0.475. The lowest BCUT2D eigenvalue weighted by molar-refractivity contribution is -0.123. The van der Waals surface area contributed by atoms with Gasteiger partial charge in [-0.1, -0.05) is 0 Å². The molecule has 1 amide bonds. The molecule has 3 nitrogen and oxygen atoms in total. The Morgan fingerprint density at radius 3 is 3.30 bits per heavy atom. The molecule has 0 bridgehead atoms. The van der Waals surface area contributed by atoms with Crippen molar-refractivity contribution in [2.45, 2.75) is 6.42 Å². The highest BCUT2D eigenvalue weighted by molar-refractivity contribution is 5.82. The number of carbonyl (C=O) groups excluding carboxylic acids is 1. The highest BCUT2D eigenvalue weighted by atomic mass is 16.2. The van der Waals surface area contributed by atoms with Crippen molar-refractivity contribution < 1.29 is 4.79 Å². The summed E-state index contributed by atoms with van der Waals surface area (Å²) in [6.45, 7) is 3.84. The molecule has 2 rings (SSSR count). The molecular formula is C7H11N2O. The number of hydrogen-bond acceptors (Lipinski definition) is 2. The van der Waals surface area contributed by atoms with E-state index in [2.05, 4.69) is 10.6 Å². The normalized spacial score (nSPS) is 39.0. The molecule has 2 aliphatic heterocycles. The van der Waals surface area contributed by atoms with Crippen molar-refractivity contribution in [2.24, 2.45) is 11.8 Å². The van der Waals surface area contributed by atoms with Gasteiger partial charge >= 0.3 is 0 Å². The van der Waals surface area contributed by atoms with E-state index in [1.54, 1.807) is 0 Å². The maximum Gasteiger partial charge on any atom is 0.225 e. The summed E-state index contributed by atoms with van der Waals surface area (Å²) < 4.78 is 0. The van der Waals surface area contributed by atoms with Gasteiger partial charge in [-0.2, -0.15) is 0 Å². The van der Waals surface area contributed by atoms with Crippen LogP contribution in [0, 0.1) is 18.4 Å². The van der Waals surface area contributed by atoms with Crippen LogP contribution in [0.2, 0.25) is 0 Å². The monoisotopic (exact) mass is 139 g/mol. The van der Waals surface area contributed by atoms with Crippen molar-refractivity contribution in [3.8, 4) is 0 Å². The smallest absolute Gasteiger partial charge is 0.225 e. The Hall–Kier alpha value is -0.570. The van der Waals surface area contributed by atoms with Crippen LogP contribution < -0.4 is 10.6 Å². The maximum absolute atomic E-state index is 11.0. The lowest BCUT2D eigenvalue weighted by atomic mass is 9.89. The van der Waals surface area contributed by atoms with E-state index in [9.17, 15) is 4.79 Å². The van der Waals surface area contributed by atoms with E-state index in [-0.39, 0.29) is 11.8 Å². The molecule has 0 aromatic heterocycles. The molecule has 2 atom stereocenters. The van der Waals surface area contributed by atoms with Crippen molar-refractivity contribution in [1.29, 1.82) is 0 Å². The zero-order chi connectivity index (χ0) is 6.97. The molecule has 2 aliphatic rings. The Morgan fingerprint density at radius 2 is 2.50 bits per heavy atom. The number of amides is 1. The van der Waals surface area contributed by atoms with Gasteiger partial charge in [0.25, 0.3) is 0 Å². The molecule has 1 radical (unpaired) electrons. The summed E-state index contributed by atoms with van der Waals surface area (Å²) in [5.74, 6) is 0.903. The highest BCUT2D eigenvalue weighted by Crippen LogP contribution is 2.25. The third kappa shape index (κ3) is 0.814. The van der Waals surface area contributed by atoms with E-state index in [1.165, 1.54) is 0 Å². The number of nitrogens with one attached hydrogen (secondary N) is 2. The van der Waals surface area contributed by atoms with E-state index in [4.69, 9.17) is 0 Å². The fourth-order valence-electron chi connectivity index (χ4n) is 1.66. The second-order valence-corrected chi connectivity index (χ2v) is 2.94. The molecular weight excluding hydrogens is 128 g/mol. The van der Waals surface area contributed by atoms with Gasteiger partial charge in [-0.05, 0) is 18.9 Å². The average Bonchev–Trinajstić information content (AvgIpc) is 2.34. The summed E-state index contributed by atoms with van der Waals surface area (Å²) in [6.07, 6.45) is 1.10. The fraction of sp³-hybridized carbons (Fsp3) is 0.714. The van der Waals surface area contributed by atoms with Gasteiger partial charge in [0.15, 0.2) is 0 Å². The van der Waals surface area contributed by atoms with Crippen LogP contribution in [0.3, 0.4) is 0 Å². The molecule has 3 heteroatoms. The summed E-state index contributed by atoms with van der Waals surface area (Å²) in [7, 11) is 0. The lowest BCUT2D eigenvalue weighted by Crippen LogP contribution is -2.37. The molecule has 2 heterocycles. The molecule has 0 aliphatic carbocycles. The second-order valence-electron chi connectivity index (χ2n) is 2.94. The zero-order valence-corrected chi connectivity index (χ0v) is 5.76. The second kappa shape index (κ2) is 2.23. The fourth-order valence-corrected chi connectivity index (χ4v) is 1.66. The minimum absolute atomic E-state index is 0.192. The predicted octanol–water partition coefficient (Wildman–Crippen LogP) is -0.496. The average molecular weight is 139 g/mol. The van der Waals surface area contributed by atoms with Crippen molar-refractivity contribution >= 4 is 5.91 Å². The summed E-state index contributed by atoms with van der Waals surface area (Å²) in [6, 6.07) is 0. The first-order chi connectivity index (χ1) is 4.88. The van der Waals surface area contributed by atoms with Gasteiger partial charge in [-0.3, -0.25) is 4.79 Å². The van der Waals surface area contributed by atoms with E-state index < -0.39 is 0 Å². The van der Waals surface area contributed by atoms with Crippen molar-refractivity contribution in [2.75, 3.05) is 13.1 Å². The van der Waals surface area contributed by atoms with Gasteiger partial charge in [0.05, 0.1) is 12.5 Å². The molecule has 2 N–H and O–H groups in total. The Kier molecular flexibility index (Phi) is 1.38. The zero-order valence-electron chi connectivity index (χ0n) is 5.76. The molecule has 0 spiro atoms. The van der Waals surface area contributed by atoms with Crippen LogP contribution in [-0.4, -0.2) is 19.0 Å². The lowest BCUT2D eigenvalue weighted by Gasteiger charge is -2.22. The number of fused-ring (bicyclic) bond motifs is 1. The first-order valence-electron chi connectivity index (χ1n) is 3.72. The van der Waals surface area contributed by atoms with Crippen LogP contribution in [0.25, 0.3) is 0 Å². The van der Waals surface area contributed by atoms with Crippen LogP contribution in [0.5, 0.6) is 0 Å². The van der Waals surface area contributed by atoms with Crippen LogP contribution in [0.15, 0.2) is 0 Å². The van der Waals surface area contributed by atoms with Crippen LogP contribution in [0.1, 0.15) is 6.42 Å². The van der Waals surface area contributed by atoms with Gasteiger partial charge in [-0.15, -0.1) is 0 Å². The van der Waals surface area contributed by atoms with Crippen molar-refractivity contribution in [1.82, 2.24) is 10.6 Å². The minimum Gasteiger partial charge on any atom is -0.351 e. The Morgan fingerprint density at radius 1 is 1.60 bits per heavy atom. The van der Waals surface area contributed by atoms with Gasteiger partial charge < -0.3 is 10.6 Å². The number of hydrogen-bond donors (Lipinski definition) is 2. The Balaban J connectivity index is 2.08. The number of piperidine rings is 1. The molecule has 55 valence electrons. The molecule has 2 fully saturated rings. The minimum atomic E-state index is 0.192. The molecule has 2 unspecified atom stereocenters. The summed E-state index contributed by atoms with van der Waals surface area (Å²) in [5.41, 5.74) is 0. The topological polar surface area (TPSA) is 41.1 Å². The van der Waals surface area contributed by atoms with Crippen molar-refractivity contribution in [3.05, 3.63) is 6.54 Å². The maximum atomic E-state index is 11.0. The van der Waals surface area contributed by atoms with Crippen molar-refractivity contribution in [3.63, 3.8) is 0 Å². The third-order valence-electron chi connectivity index (χ3n) is 2.31. The van der Waals surface area contributed by atoms with E-state index in [1.807, 2.05) is 6.54 Å². The first kappa shape index (κ1) is 6.16.